The van der Waals surface area contributed by atoms with Crippen LogP contribution >= 0.6 is 0 Å². The van der Waals surface area contributed by atoms with E-state index in [9.17, 15) is 22.8 Å². The van der Waals surface area contributed by atoms with Gasteiger partial charge in [0.25, 0.3) is 5.91 Å². The molecule has 2 amide bonds. The van der Waals surface area contributed by atoms with Crippen LogP contribution in [0.15, 0.2) is 54.6 Å². The molecule has 4 rings (SSSR count). The van der Waals surface area contributed by atoms with Gasteiger partial charge in [0.1, 0.15) is 5.69 Å². The molecule has 1 heterocycles. The van der Waals surface area contributed by atoms with E-state index in [1.54, 1.807) is 48.5 Å². The van der Waals surface area contributed by atoms with Crippen molar-refractivity contribution >= 4 is 34.1 Å². The summed E-state index contributed by atoms with van der Waals surface area (Å²) >= 11 is 0. The number of fused-ring (bicyclic) bond motifs is 1. The third kappa shape index (κ3) is 5.65. The Balaban J connectivity index is 1.47. The van der Waals surface area contributed by atoms with Crippen molar-refractivity contribution in [3.8, 4) is 0 Å². The van der Waals surface area contributed by atoms with E-state index >= 15 is 0 Å². The molecule has 0 unspecified atom stereocenters. The highest BCUT2D eigenvalue weighted by Gasteiger charge is 2.34. The van der Waals surface area contributed by atoms with Crippen LogP contribution in [0.5, 0.6) is 0 Å². The van der Waals surface area contributed by atoms with Gasteiger partial charge in [0.15, 0.2) is 0 Å². The normalized spacial score (nSPS) is 18.4. The number of rotatable bonds is 5. The van der Waals surface area contributed by atoms with Gasteiger partial charge in [0, 0.05) is 41.3 Å². The molecule has 6 nitrogen and oxygen atoms in total. The van der Waals surface area contributed by atoms with E-state index in [1.165, 1.54) is 6.92 Å². The number of carbonyl (C=O) groups is 2. The molecular weight excluding hydrogens is 445 g/mol. The third-order valence-corrected chi connectivity index (χ3v) is 5.82. The molecule has 1 fully saturated rings. The van der Waals surface area contributed by atoms with Crippen molar-refractivity contribution in [1.29, 1.82) is 0 Å². The smallest absolute Gasteiger partial charge is 0.382 e. The van der Waals surface area contributed by atoms with E-state index < -0.39 is 11.9 Å². The zero-order chi connectivity index (χ0) is 24.3. The van der Waals surface area contributed by atoms with Gasteiger partial charge in [-0.2, -0.15) is 13.2 Å². The summed E-state index contributed by atoms with van der Waals surface area (Å²) in [5, 5.41) is 9.57. The summed E-state index contributed by atoms with van der Waals surface area (Å²) in [6, 6.07) is 14.2. The quantitative estimate of drug-likeness (QED) is 0.469. The largest absolute Gasteiger partial charge is 0.433 e. The number of amides is 2. The second-order valence-corrected chi connectivity index (χ2v) is 8.51. The van der Waals surface area contributed by atoms with Crippen molar-refractivity contribution in [3.05, 3.63) is 65.9 Å². The average molecular weight is 470 g/mol. The highest BCUT2D eigenvalue weighted by atomic mass is 19.4. The van der Waals surface area contributed by atoms with Crippen LogP contribution in [-0.2, 0) is 11.0 Å². The fraction of sp³-hybridized carbons (Fsp3) is 0.320. The number of carbonyl (C=O) groups excluding carboxylic acids is 2. The standard InChI is InChI=1S/C25H25F3N4O2/c1-15(33)29-17-7-4-6-16(12-17)24(34)31-19-9-5-8-18(13-19)30-22-14-23(25(26,27)28)32-21-11-3-2-10-20(21)22/h2-4,6-7,10-12,14,18-19H,5,8-9,13H2,1H3,(H,29,33)(H,30,32)(H,31,34)/t18-,19+/m0/s1. The zero-order valence-corrected chi connectivity index (χ0v) is 18.6. The Labute approximate surface area is 195 Å². The Kier molecular flexibility index (Phi) is 6.72. The number of benzene rings is 2. The van der Waals surface area contributed by atoms with Gasteiger partial charge >= 0.3 is 6.18 Å². The number of pyridine rings is 1. The van der Waals surface area contributed by atoms with E-state index in [-0.39, 0.29) is 29.4 Å². The number of aromatic nitrogens is 1. The van der Waals surface area contributed by atoms with Crippen LogP contribution in [0.4, 0.5) is 24.5 Å². The maximum absolute atomic E-state index is 13.4. The van der Waals surface area contributed by atoms with Crippen molar-refractivity contribution in [2.24, 2.45) is 0 Å². The number of nitrogens with zero attached hydrogens (tertiary/aromatic N) is 1. The summed E-state index contributed by atoms with van der Waals surface area (Å²) in [4.78, 5) is 27.8. The predicted octanol–water partition coefficient (Wildman–Crippen LogP) is 5.37. The summed E-state index contributed by atoms with van der Waals surface area (Å²) in [6.07, 6.45) is -1.59. The van der Waals surface area contributed by atoms with E-state index in [0.29, 0.717) is 28.7 Å². The first-order valence-electron chi connectivity index (χ1n) is 11.1. The maximum atomic E-state index is 13.4. The molecule has 3 aromatic rings. The molecule has 1 aliphatic rings. The molecule has 0 aliphatic heterocycles. The van der Waals surface area contributed by atoms with Gasteiger partial charge in [-0.3, -0.25) is 9.59 Å². The minimum atomic E-state index is -4.55. The SMILES string of the molecule is CC(=O)Nc1cccc(C(=O)N[C@@H]2CCC[C@H](Nc3cc(C(F)(F)F)nc4ccccc34)C2)c1. The highest BCUT2D eigenvalue weighted by molar-refractivity contribution is 5.97. The summed E-state index contributed by atoms with van der Waals surface area (Å²) < 4.78 is 40.1. The van der Waals surface area contributed by atoms with Crippen LogP contribution in [0.25, 0.3) is 10.9 Å². The fourth-order valence-electron chi connectivity index (χ4n) is 4.32. The van der Waals surface area contributed by atoms with E-state index in [0.717, 1.165) is 25.3 Å². The monoisotopic (exact) mass is 470 g/mol. The van der Waals surface area contributed by atoms with Crippen LogP contribution in [-0.4, -0.2) is 28.9 Å². The first kappa shape index (κ1) is 23.5. The Hall–Kier alpha value is -3.62. The Bertz CT molecular complexity index is 1210. The maximum Gasteiger partial charge on any atom is 0.433 e. The topological polar surface area (TPSA) is 83.1 Å². The first-order chi connectivity index (χ1) is 16.2. The molecule has 0 saturated heterocycles. The number of anilines is 2. The Morgan fingerprint density at radius 3 is 2.53 bits per heavy atom. The molecule has 1 aliphatic carbocycles. The van der Waals surface area contributed by atoms with Crippen LogP contribution in [0.2, 0.25) is 0 Å². The van der Waals surface area contributed by atoms with Crippen LogP contribution in [0.1, 0.15) is 48.7 Å². The average Bonchev–Trinajstić information content (AvgIpc) is 2.78. The second-order valence-electron chi connectivity index (χ2n) is 8.51. The lowest BCUT2D eigenvalue weighted by atomic mass is 9.90. The number of hydrogen-bond donors (Lipinski definition) is 3. The summed E-state index contributed by atoms with van der Waals surface area (Å²) in [5.74, 6) is -0.484. The van der Waals surface area contributed by atoms with Crippen molar-refractivity contribution < 1.29 is 22.8 Å². The summed E-state index contributed by atoms with van der Waals surface area (Å²) in [6.45, 7) is 1.39. The zero-order valence-electron chi connectivity index (χ0n) is 18.6. The van der Waals surface area contributed by atoms with E-state index in [1.807, 2.05) is 0 Å². The molecule has 34 heavy (non-hydrogen) atoms. The molecule has 1 saturated carbocycles. The molecular formula is C25H25F3N4O2. The van der Waals surface area contributed by atoms with Crippen molar-refractivity contribution in [1.82, 2.24) is 10.3 Å². The van der Waals surface area contributed by atoms with Crippen molar-refractivity contribution in [2.45, 2.75) is 50.9 Å². The number of alkyl halides is 3. The highest BCUT2D eigenvalue weighted by Crippen LogP contribution is 2.34. The molecule has 0 radical (unpaired) electrons. The predicted molar refractivity (Wildman–Crippen MR) is 125 cm³/mol. The van der Waals surface area contributed by atoms with Crippen molar-refractivity contribution in [2.75, 3.05) is 10.6 Å². The lowest BCUT2D eigenvalue weighted by molar-refractivity contribution is -0.140. The molecule has 9 heteroatoms. The molecule has 0 bridgehead atoms. The second kappa shape index (κ2) is 9.70. The molecule has 3 N–H and O–H groups in total. The van der Waals surface area contributed by atoms with Crippen LogP contribution in [0, 0.1) is 0 Å². The third-order valence-electron chi connectivity index (χ3n) is 5.82. The number of halogens is 3. The number of nitrogens with one attached hydrogen (secondary N) is 3. The summed E-state index contributed by atoms with van der Waals surface area (Å²) in [5.41, 5.74) is 0.690. The minimum absolute atomic E-state index is 0.100. The van der Waals surface area contributed by atoms with E-state index in [4.69, 9.17) is 0 Å². The molecule has 1 aromatic heterocycles. The van der Waals surface area contributed by atoms with Gasteiger partial charge in [-0.15, -0.1) is 0 Å². The molecule has 2 aromatic carbocycles. The Morgan fingerprint density at radius 1 is 1.00 bits per heavy atom. The first-order valence-corrected chi connectivity index (χ1v) is 11.1. The van der Waals surface area contributed by atoms with Gasteiger partial charge in [0.05, 0.1) is 5.52 Å². The lowest BCUT2D eigenvalue weighted by Gasteiger charge is -2.31. The molecule has 0 spiro atoms. The summed E-state index contributed by atoms with van der Waals surface area (Å²) in [7, 11) is 0. The fourth-order valence-corrected chi connectivity index (χ4v) is 4.32. The van der Waals surface area contributed by atoms with Gasteiger partial charge in [-0.25, -0.2) is 4.98 Å². The lowest BCUT2D eigenvalue weighted by Crippen LogP contribution is -2.41. The minimum Gasteiger partial charge on any atom is -0.382 e. The van der Waals surface area contributed by atoms with Gasteiger partial charge < -0.3 is 16.0 Å². The molecule has 178 valence electrons. The van der Waals surface area contributed by atoms with Gasteiger partial charge in [-0.1, -0.05) is 24.3 Å². The van der Waals surface area contributed by atoms with Gasteiger partial charge in [0.2, 0.25) is 5.91 Å². The van der Waals surface area contributed by atoms with Gasteiger partial charge in [-0.05, 0) is 56.0 Å². The Morgan fingerprint density at radius 2 is 1.76 bits per heavy atom. The number of para-hydroxylation sites is 1. The van der Waals surface area contributed by atoms with Crippen molar-refractivity contribution in [3.63, 3.8) is 0 Å². The number of hydrogen-bond acceptors (Lipinski definition) is 4. The van der Waals surface area contributed by atoms with Crippen LogP contribution < -0.4 is 16.0 Å². The molecule has 2 atom stereocenters. The van der Waals surface area contributed by atoms with Crippen LogP contribution in [0.3, 0.4) is 0 Å². The van der Waals surface area contributed by atoms with E-state index in [2.05, 4.69) is 20.9 Å².